The van der Waals surface area contributed by atoms with Crippen LogP contribution in [-0.2, 0) is 0 Å². The van der Waals surface area contributed by atoms with Crippen molar-refractivity contribution in [2.24, 2.45) is 16.5 Å². The molecule has 5 nitrogen and oxygen atoms in total. The Hall–Kier alpha value is -0.810. The van der Waals surface area contributed by atoms with Crippen molar-refractivity contribution in [3.63, 3.8) is 0 Å². The van der Waals surface area contributed by atoms with Gasteiger partial charge >= 0.3 is 0 Å². The van der Waals surface area contributed by atoms with Gasteiger partial charge in [-0.15, -0.1) is 0 Å². The second-order valence-electron chi connectivity index (χ2n) is 5.33. The fourth-order valence-corrected chi connectivity index (χ4v) is 2.76. The minimum absolute atomic E-state index is 0.225. The monoisotopic (exact) mass is 213 g/mol. The Morgan fingerprint density at radius 1 is 1.07 bits per heavy atom. The second-order valence-corrected chi connectivity index (χ2v) is 5.33. The van der Waals surface area contributed by atoms with Gasteiger partial charge in [0.05, 0.1) is 20.1 Å². The normalized spacial score (nSPS) is 39.0. The van der Waals surface area contributed by atoms with E-state index in [9.17, 15) is 0 Å². The maximum Gasteiger partial charge on any atom is 0.186 e. The van der Waals surface area contributed by atoms with Crippen molar-refractivity contribution in [1.29, 1.82) is 0 Å². The molecule has 3 saturated heterocycles. The van der Waals surface area contributed by atoms with Crippen LogP contribution in [0.15, 0.2) is 4.99 Å². The summed E-state index contributed by atoms with van der Waals surface area (Å²) in [4.78, 5) is 4.10. The van der Waals surface area contributed by atoms with Crippen molar-refractivity contribution < 1.29 is 8.97 Å². The van der Waals surface area contributed by atoms with Crippen LogP contribution in [0.3, 0.4) is 0 Å². The van der Waals surface area contributed by atoms with Gasteiger partial charge in [-0.2, -0.15) is 0 Å². The van der Waals surface area contributed by atoms with Crippen LogP contribution in [0, 0.1) is 0 Å². The van der Waals surface area contributed by atoms with Crippen molar-refractivity contribution in [3.05, 3.63) is 0 Å². The van der Waals surface area contributed by atoms with Crippen LogP contribution in [0.2, 0.25) is 0 Å². The van der Waals surface area contributed by atoms with E-state index in [0.29, 0.717) is 0 Å². The number of nitrogens with zero attached hydrogens (tertiary/aromatic N) is 3. The SMILES string of the molecule is C[N+]12CC[N+](CCN=C(N)N)(CC1)CC2. The van der Waals surface area contributed by atoms with Crippen LogP contribution in [0.1, 0.15) is 0 Å². The molecule has 0 atom stereocenters. The largest absolute Gasteiger partial charge is 0.370 e. The summed E-state index contributed by atoms with van der Waals surface area (Å²) in [7, 11) is 2.38. The molecule has 15 heavy (non-hydrogen) atoms. The van der Waals surface area contributed by atoms with Gasteiger partial charge < -0.3 is 20.4 Å². The highest BCUT2D eigenvalue weighted by Crippen LogP contribution is 2.24. The molecule has 3 heterocycles. The number of guanidine groups is 1. The third kappa shape index (κ3) is 2.23. The summed E-state index contributed by atoms with van der Waals surface area (Å²) in [6.45, 7) is 9.76. The first-order chi connectivity index (χ1) is 7.04. The molecule has 4 N–H and O–H groups in total. The molecule has 0 aromatic heterocycles. The molecule has 0 amide bonds. The molecule has 0 unspecified atom stereocenters. The van der Waals surface area contributed by atoms with Crippen molar-refractivity contribution in [3.8, 4) is 0 Å². The summed E-state index contributed by atoms with van der Waals surface area (Å²) < 4.78 is 2.52. The third-order valence-electron chi connectivity index (χ3n) is 4.21. The molecule has 3 fully saturated rings. The quantitative estimate of drug-likeness (QED) is 0.342. The van der Waals surface area contributed by atoms with E-state index in [4.69, 9.17) is 11.5 Å². The van der Waals surface area contributed by atoms with E-state index in [0.717, 1.165) is 13.1 Å². The van der Waals surface area contributed by atoms with Gasteiger partial charge in [0.15, 0.2) is 5.96 Å². The molecule has 86 valence electrons. The Morgan fingerprint density at radius 2 is 1.60 bits per heavy atom. The topological polar surface area (TPSA) is 64.4 Å². The Labute approximate surface area is 91.5 Å². The lowest BCUT2D eigenvalue weighted by molar-refractivity contribution is -1.07. The number of aliphatic imine (C=N–C) groups is 1. The van der Waals surface area contributed by atoms with E-state index < -0.39 is 0 Å². The average molecular weight is 213 g/mol. The van der Waals surface area contributed by atoms with E-state index in [1.54, 1.807) is 0 Å². The van der Waals surface area contributed by atoms with Crippen molar-refractivity contribution in [2.45, 2.75) is 0 Å². The van der Waals surface area contributed by atoms with Gasteiger partial charge in [0.25, 0.3) is 0 Å². The summed E-state index contributed by atoms with van der Waals surface area (Å²) >= 11 is 0. The highest BCUT2D eigenvalue weighted by molar-refractivity contribution is 5.75. The lowest BCUT2D eigenvalue weighted by atomic mass is 10.1. The fourth-order valence-electron chi connectivity index (χ4n) is 2.76. The lowest BCUT2D eigenvalue weighted by Gasteiger charge is -2.53. The number of hydrogen-bond acceptors (Lipinski definition) is 1. The number of fused-ring (bicyclic) bond motifs is 3. The van der Waals surface area contributed by atoms with Crippen LogP contribution in [0.4, 0.5) is 0 Å². The summed E-state index contributed by atoms with van der Waals surface area (Å²) in [6, 6.07) is 0. The fraction of sp³-hybridized carbons (Fsp3) is 0.900. The molecule has 5 heteroatoms. The molecule has 0 aromatic carbocycles. The molecule has 0 saturated carbocycles. The number of likely N-dealkylation sites (N-methyl/N-ethyl adjacent to an activating group) is 1. The number of hydrogen-bond donors (Lipinski definition) is 2. The van der Waals surface area contributed by atoms with Gasteiger partial charge in [-0.05, 0) is 0 Å². The van der Waals surface area contributed by atoms with E-state index in [-0.39, 0.29) is 5.96 Å². The summed E-state index contributed by atoms with van der Waals surface area (Å²) in [5, 5.41) is 0. The number of nitrogens with two attached hydrogens (primary N) is 2. The van der Waals surface area contributed by atoms with Crippen LogP contribution in [0.5, 0.6) is 0 Å². The molecule has 0 aromatic rings. The minimum atomic E-state index is 0.225. The zero-order chi connectivity index (χ0) is 10.9. The highest BCUT2D eigenvalue weighted by atomic mass is 15.5. The maximum absolute atomic E-state index is 5.34. The van der Waals surface area contributed by atoms with Crippen LogP contribution in [-0.4, -0.2) is 74.3 Å². The van der Waals surface area contributed by atoms with Crippen molar-refractivity contribution in [1.82, 2.24) is 0 Å². The first kappa shape index (κ1) is 10.7. The zero-order valence-electron chi connectivity index (χ0n) is 9.65. The molecule has 2 bridgehead atoms. The molecular weight excluding hydrogens is 190 g/mol. The number of quaternary nitrogens is 2. The van der Waals surface area contributed by atoms with E-state index in [2.05, 4.69) is 12.0 Å². The highest BCUT2D eigenvalue weighted by Gasteiger charge is 2.46. The molecule has 3 rings (SSSR count). The van der Waals surface area contributed by atoms with Gasteiger partial charge in [0.1, 0.15) is 39.3 Å². The van der Waals surface area contributed by atoms with Gasteiger partial charge in [0, 0.05) is 0 Å². The molecule has 0 aliphatic carbocycles. The summed E-state index contributed by atoms with van der Waals surface area (Å²) in [6.07, 6.45) is 0. The van der Waals surface area contributed by atoms with Crippen LogP contribution in [0.25, 0.3) is 0 Å². The third-order valence-corrected chi connectivity index (χ3v) is 4.21. The molecule has 0 spiro atoms. The molecule has 3 aliphatic heterocycles. The molecular formula is C10H23N5+2. The predicted molar refractivity (Wildman–Crippen MR) is 61.2 cm³/mol. The predicted octanol–water partition coefficient (Wildman–Crippen LogP) is -1.45. The van der Waals surface area contributed by atoms with Gasteiger partial charge in [-0.3, -0.25) is 0 Å². The molecule has 0 radical (unpaired) electrons. The summed E-state index contributed by atoms with van der Waals surface area (Å²) in [5.41, 5.74) is 10.7. The van der Waals surface area contributed by atoms with E-state index in [1.807, 2.05) is 0 Å². The maximum atomic E-state index is 5.34. The van der Waals surface area contributed by atoms with Gasteiger partial charge in [-0.1, -0.05) is 0 Å². The Morgan fingerprint density at radius 3 is 2.07 bits per heavy atom. The van der Waals surface area contributed by atoms with Crippen molar-refractivity contribution >= 4 is 5.96 Å². The van der Waals surface area contributed by atoms with E-state index >= 15 is 0 Å². The number of rotatable bonds is 3. The van der Waals surface area contributed by atoms with Gasteiger partial charge in [0.2, 0.25) is 0 Å². The van der Waals surface area contributed by atoms with Crippen LogP contribution < -0.4 is 11.5 Å². The van der Waals surface area contributed by atoms with E-state index in [1.165, 1.54) is 48.2 Å². The Bertz CT molecular complexity index is 244. The van der Waals surface area contributed by atoms with Gasteiger partial charge in [-0.25, -0.2) is 4.99 Å². The lowest BCUT2D eigenvalue weighted by Crippen LogP contribution is -2.74. The second kappa shape index (κ2) is 3.64. The first-order valence-corrected chi connectivity index (χ1v) is 5.78. The average Bonchev–Trinajstić information content (AvgIpc) is 2.20. The zero-order valence-corrected chi connectivity index (χ0v) is 9.65. The first-order valence-electron chi connectivity index (χ1n) is 5.78. The standard InChI is InChI=1S/C10H23N5/c1-14-4-7-15(8-5-14,9-6-14)3-2-13-10(11)12/h2-9H2,1H3,(H4,11,12,13)/q+2. The Kier molecular flexibility index (Phi) is 2.60. The molecule has 3 aliphatic rings. The Balaban J connectivity index is 1.90. The van der Waals surface area contributed by atoms with Crippen LogP contribution >= 0.6 is 0 Å². The number of piperazine rings is 3. The smallest absolute Gasteiger partial charge is 0.186 e. The minimum Gasteiger partial charge on any atom is -0.370 e. The summed E-state index contributed by atoms with van der Waals surface area (Å²) in [5.74, 6) is 0.225. The van der Waals surface area contributed by atoms with Crippen molar-refractivity contribution in [2.75, 3.05) is 59.4 Å².